The summed E-state index contributed by atoms with van der Waals surface area (Å²) in [6.07, 6.45) is 5.19. The summed E-state index contributed by atoms with van der Waals surface area (Å²) in [4.78, 5) is 14.5. The van der Waals surface area contributed by atoms with Gasteiger partial charge < -0.3 is 15.0 Å². The smallest absolute Gasteiger partial charge is 0.339 e. The van der Waals surface area contributed by atoms with Crippen LogP contribution in [0.4, 0.5) is 0 Å². The third-order valence-electron chi connectivity index (χ3n) is 2.94. The Bertz CT molecular complexity index is 347. The minimum Gasteiger partial charge on any atom is -0.465 e. The Hall–Kier alpha value is -1.29. The molecule has 1 rings (SSSR count). The van der Waals surface area contributed by atoms with Crippen LogP contribution in [-0.2, 0) is 11.3 Å². The van der Waals surface area contributed by atoms with Crippen molar-refractivity contribution in [2.45, 2.75) is 45.7 Å². The molecule has 17 heavy (non-hydrogen) atoms. The zero-order valence-corrected chi connectivity index (χ0v) is 10.9. The van der Waals surface area contributed by atoms with Crippen LogP contribution < -0.4 is 5.32 Å². The molecule has 1 atom stereocenters. The molecule has 1 unspecified atom stereocenters. The van der Waals surface area contributed by atoms with Crippen LogP contribution in [0.25, 0.3) is 0 Å². The third-order valence-corrected chi connectivity index (χ3v) is 2.94. The van der Waals surface area contributed by atoms with E-state index in [1.165, 1.54) is 13.5 Å². The maximum Gasteiger partial charge on any atom is 0.339 e. The number of methoxy groups -OCH3 is 1. The van der Waals surface area contributed by atoms with Gasteiger partial charge in [0.1, 0.15) is 0 Å². The number of H-pyrrole nitrogens is 1. The average molecular weight is 238 g/mol. The Labute approximate surface area is 103 Å². The Kier molecular flexibility index (Phi) is 5.77. The van der Waals surface area contributed by atoms with E-state index in [2.05, 4.69) is 24.1 Å². The second kappa shape index (κ2) is 7.12. The van der Waals surface area contributed by atoms with Crippen molar-refractivity contribution in [2.24, 2.45) is 0 Å². The number of aromatic amines is 1. The van der Waals surface area contributed by atoms with Crippen molar-refractivity contribution >= 4 is 5.97 Å². The van der Waals surface area contributed by atoms with Crippen molar-refractivity contribution in [1.82, 2.24) is 10.3 Å². The van der Waals surface area contributed by atoms with Gasteiger partial charge in [-0.25, -0.2) is 4.79 Å². The summed E-state index contributed by atoms with van der Waals surface area (Å²) in [5, 5.41) is 3.45. The maximum absolute atomic E-state index is 11.5. The monoisotopic (exact) mass is 238 g/mol. The fraction of sp³-hybridized carbons (Fsp3) is 0.615. The van der Waals surface area contributed by atoms with Crippen molar-refractivity contribution in [3.63, 3.8) is 0 Å². The Balaban J connectivity index is 2.56. The zero-order valence-electron chi connectivity index (χ0n) is 10.9. The standard InChI is InChI=1S/C13H22N2O2/c1-4-6-10(5-2)15-9-12-11(7-8-14-12)13(16)17-3/h7-8,10,14-15H,4-6,9H2,1-3H3. The van der Waals surface area contributed by atoms with Gasteiger partial charge in [-0.3, -0.25) is 0 Å². The van der Waals surface area contributed by atoms with Gasteiger partial charge in [0.2, 0.25) is 0 Å². The minimum atomic E-state index is -0.286. The highest BCUT2D eigenvalue weighted by atomic mass is 16.5. The number of carbonyl (C=O) groups is 1. The predicted molar refractivity (Wildman–Crippen MR) is 68.0 cm³/mol. The fourth-order valence-electron chi connectivity index (χ4n) is 1.90. The summed E-state index contributed by atoms with van der Waals surface area (Å²) >= 11 is 0. The predicted octanol–water partition coefficient (Wildman–Crippen LogP) is 2.47. The molecule has 0 fully saturated rings. The number of hydrogen-bond acceptors (Lipinski definition) is 3. The van der Waals surface area contributed by atoms with Gasteiger partial charge in [0.25, 0.3) is 0 Å². The van der Waals surface area contributed by atoms with E-state index in [1.54, 1.807) is 12.3 Å². The van der Waals surface area contributed by atoms with Crippen LogP contribution in [0.3, 0.4) is 0 Å². The highest BCUT2D eigenvalue weighted by molar-refractivity contribution is 5.90. The summed E-state index contributed by atoms with van der Waals surface area (Å²) in [7, 11) is 1.40. The molecule has 0 aliphatic rings. The molecule has 0 amide bonds. The lowest BCUT2D eigenvalue weighted by Crippen LogP contribution is -2.28. The van der Waals surface area contributed by atoms with Crippen LogP contribution in [0, 0.1) is 0 Å². The SMILES string of the molecule is CCCC(CC)NCc1[nH]ccc1C(=O)OC. The number of aromatic nitrogens is 1. The van der Waals surface area contributed by atoms with Gasteiger partial charge in [0.05, 0.1) is 12.7 Å². The van der Waals surface area contributed by atoms with Gasteiger partial charge in [0, 0.05) is 24.5 Å². The Morgan fingerprint density at radius 2 is 2.29 bits per heavy atom. The highest BCUT2D eigenvalue weighted by Gasteiger charge is 2.13. The molecule has 4 heteroatoms. The second-order valence-electron chi connectivity index (χ2n) is 4.14. The van der Waals surface area contributed by atoms with Crippen molar-refractivity contribution in [1.29, 1.82) is 0 Å². The van der Waals surface area contributed by atoms with Crippen LogP contribution >= 0.6 is 0 Å². The molecule has 1 aromatic heterocycles. The van der Waals surface area contributed by atoms with Crippen LogP contribution in [0.5, 0.6) is 0 Å². The minimum absolute atomic E-state index is 0.286. The molecule has 1 aromatic rings. The van der Waals surface area contributed by atoms with E-state index in [9.17, 15) is 4.79 Å². The first-order chi connectivity index (χ1) is 8.22. The molecule has 0 saturated carbocycles. The van der Waals surface area contributed by atoms with E-state index in [1.807, 2.05) is 0 Å². The van der Waals surface area contributed by atoms with Gasteiger partial charge in [-0.05, 0) is 18.9 Å². The van der Waals surface area contributed by atoms with Gasteiger partial charge in [-0.15, -0.1) is 0 Å². The van der Waals surface area contributed by atoms with E-state index in [0.717, 1.165) is 18.5 Å². The van der Waals surface area contributed by atoms with Crippen molar-refractivity contribution in [3.05, 3.63) is 23.5 Å². The molecule has 0 radical (unpaired) electrons. The molecule has 0 aliphatic carbocycles. The lowest BCUT2D eigenvalue weighted by atomic mass is 10.1. The second-order valence-corrected chi connectivity index (χ2v) is 4.14. The van der Waals surface area contributed by atoms with Gasteiger partial charge in [-0.2, -0.15) is 0 Å². The van der Waals surface area contributed by atoms with Gasteiger partial charge in [0.15, 0.2) is 0 Å². The summed E-state index contributed by atoms with van der Waals surface area (Å²) in [6.45, 7) is 5.03. The summed E-state index contributed by atoms with van der Waals surface area (Å²) < 4.78 is 4.73. The van der Waals surface area contributed by atoms with E-state index >= 15 is 0 Å². The summed E-state index contributed by atoms with van der Waals surface area (Å²) in [5.41, 5.74) is 1.51. The van der Waals surface area contributed by atoms with Crippen LogP contribution in [0.1, 0.15) is 49.2 Å². The van der Waals surface area contributed by atoms with Crippen molar-refractivity contribution < 1.29 is 9.53 Å². The van der Waals surface area contributed by atoms with E-state index < -0.39 is 0 Å². The normalized spacial score (nSPS) is 12.4. The summed E-state index contributed by atoms with van der Waals surface area (Å²) in [6, 6.07) is 2.26. The van der Waals surface area contributed by atoms with E-state index in [-0.39, 0.29) is 5.97 Å². The molecule has 0 bridgehead atoms. The molecule has 96 valence electrons. The first-order valence-corrected chi connectivity index (χ1v) is 6.20. The van der Waals surface area contributed by atoms with Gasteiger partial charge >= 0.3 is 5.97 Å². The average Bonchev–Trinajstić information content (AvgIpc) is 2.81. The van der Waals surface area contributed by atoms with E-state index in [4.69, 9.17) is 4.74 Å². The number of rotatable bonds is 7. The number of hydrogen-bond donors (Lipinski definition) is 2. The topological polar surface area (TPSA) is 54.1 Å². The fourth-order valence-corrected chi connectivity index (χ4v) is 1.90. The Morgan fingerprint density at radius 3 is 2.88 bits per heavy atom. The van der Waals surface area contributed by atoms with Crippen molar-refractivity contribution in [3.8, 4) is 0 Å². The number of esters is 1. The van der Waals surface area contributed by atoms with Crippen LogP contribution in [0.2, 0.25) is 0 Å². The molecule has 0 saturated heterocycles. The largest absolute Gasteiger partial charge is 0.465 e. The number of ether oxygens (including phenoxy) is 1. The molecule has 0 spiro atoms. The van der Waals surface area contributed by atoms with E-state index in [0.29, 0.717) is 18.2 Å². The number of nitrogens with one attached hydrogen (secondary N) is 2. The first kappa shape index (κ1) is 13.8. The highest BCUT2D eigenvalue weighted by Crippen LogP contribution is 2.09. The molecule has 2 N–H and O–H groups in total. The molecule has 0 aliphatic heterocycles. The van der Waals surface area contributed by atoms with Crippen molar-refractivity contribution in [2.75, 3.05) is 7.11 Å². The molecule has 0 aromatic carbocycles. The molecule has 1 heterocycles. The third kappa shape index (κ3) is 3.89. The molecular formula is C13H22N2O2. The molecule has 4 nitrogen and oxygen atoms in total. The first-order valence-electron chi connectivity index (χ1n) is 6.20. The lowest BCUT2D eigenvalue weighted by Gasteiger charge is -2.15. The maximum atomic E-state index is 11.5. The Morgan fingerprint density at radius 1 is 1.53 bits per heavy atom. The van der Waals surface area contributed by atoms with Crippen LogP contribution in [0.15, 0.2) is 12.3 Å². The molecular weight excluding hydrogens is 216 g/mol. The number of carbonyl (C=O) groups excluding carboxylic acids is 1. The quantitative estimate of drug-likeness (QED) is 0.717. The van der Waals surface area contributed by atoms with Gasteiger partial charge in [-0.1, -0.05) is 20.3 Å². The van der Waals surface area contributed by atoms with Crippen LogP contribution in [-0.4, -0.2) is 24.1 Å². The summed E-state index contributed by atoms with van der Waals surface area (Å²) in [5.74, 6) is -0.286. The zero-order chi connectivity index (χ0) is 12.7. The lowest BCUT2D eigenvalue weighted by molar-refractivity contribution is 0.0599.